The van der Waals surface area contributed by atoms with E-state index in [1.807, 2.05) is 37.4 Å². The number of ketones is 1. The Morgan fingerprint density at radius 3 is 2.79 bits per heavy atom. The molecule has 0 atom stereocenters. The van der Waals surface area contributed by atoms with Crippen LogP contribution in [0.4, 0.5) is 0 Å². The Bertz CT molecular complexity index is 468. The van der Waals surface area contributed by atoms with Gasteiger partial charge in [-0.2, -0.15) is 0 Å². The summed E-state index contributed by atoms with van der Waals surface area (Å²) in [5.41, 5.74) is 0.825. The number of rotatable bonds is 2. The van der Waals surface area contributed by atoms with Crippen molar-refractivity contribution >= 4 is 27.2 Å². The van der Waals surface area contributed by atoms with Gasteiger partial charge in [0.05, 0.1) is 0 Å². The summed E-state index contributed by atoms with van der Waals surface area (Å²) in [6.07, 6.45) is 0. The van der Waals surface area contributed by atoms with Gasteiger partial charge in [0.1, 0.15) is 0 Å². The van der Waals surface area contributed by atoms with Crippen LogP contribution in [0, 0.1) is 5.92 Å². The molecule has 2 rings (SSSR count). The van der Waals surface area contributed by atoms with Crippen molar-refractivity contribution in [2.45, 2.75) is 13.8 Å². The number of thiophene rings is 1. The van der Waals surface area contributed by atoms with E-state index in [4.69, 9.17) is 0 Å². The molecule has 0 aliphatic rings. The van der Waals surface area contributed by atoms with Crippen LogP contribution in [0.3, 0.4) is 0 Å². The Hall–Kier alpha value is -1.15. The number of Topliss-reactive ketones (excluding diaryl/α,β-unsaturated/α-hetero) is 1. The molecule has 0 N–H and O–H groups in total. The van der Waals surface area contributed by atoms with Crippen LogP contribution in [0.5, 0.6) is 0 Å². The summed E-state index contributed by atoms with van der Waals surface area (Å²) in [5.74, 6) is 0.296. The van der Waals surface area contributed by atoms with Gasteiger partial charge in [-0.1, -0.05) is 13.8 Å². The molecule has 0 spiro atoms. The van der Waals surface area contributed by atoms with Crippen LogP contribution in [0.15, 0.2) is 29.6 Å². The largest absolute Gasteiger partial charge is 0.294 e. The minimum atomic E-state index is 0.0751. The van der Waals surface area contributed by atoms with Gasteiger partial charge < -0.3 is 0 Å². The SMILES string of the molecule is CC(C)C(=O)c1ccc2sccc2c1. The van der Waals surface area contributed by atoms with Crippen molar-refractivity contribution in [2.75, 3.05) is 0 Å². The van der Waals surface area contributed by atoms with Crippen LogP contribution in [-0.4, -0.2) is 5.78 Å². The number of benzene rings is 1. The lowest BCUT2D eigenvalue weighted by Gasteiger charge is -2.03. The molecule has 0 aliphatic heterocycles. The van der Waals surface area contributed by atoms with E-state index in [1.165, 1.54) is 10.1 Å². The third kappa shape index (κ3) is 1.58. The van der Waals surface area contributed by atoms with Gasteiger partial charge in [-0.05, 0) is 35.0 Å². The quantitative estimate of drug-likeness (QED) is 0.681. The van der Waals surface area contributed by atoms with Gasteiger partial charge >= 0.3 is 0 Å². The molecule has 0 aliphatic carbocycles. The molecule has 2 aromatic rings. The predicted molar refractivity (Wildman–Crippen MR) is 61.0 cm³/mol. The molecule has 72 valence electrons. The number of hydrogen-bond donors (Lipinski definition) is 0. The Labute approximate surface area is 87.4 Å². The first-order valence-corrected chi connectivity index (χ1v) is 5.58. The lowest BCUT2D eigenvalue weighted by atomic mass is 10.0. The topological polar surface area (TPSA) is 17.1 Å². The van der Waals surface area contributed by atoms with E-state index >= 15 is 0 Å². The average molecular weight is 204 g/mol. The van der Waals surface area contributed by atoms with E-state index < -0.39 is 0 Å². The summed E-state index contributed by atoms with van der Waals surface area (Å²) in [7, 11) is 0. The van der Waals surface area contributed by atoms with Crippen molar-refractivity contribution in [1.82, 2.24) is 0 Å². The lowest BCUT2D eigenvalue weighted by Crippen LogP contribution is -2.06. The first kappa shape index (κ1) is 9.41. The number of carbonyl (C=O) groups excluding carboxylic acids is 1. The predicted octanol–water partition coefficient (Wildman–Crippen LogP) is 3.74. The summed E-state index contributed by atoms with van der Waals surface area (Å²) in [6, 6.07) is 7.97. The fourth-order valence-electron chi connectivity index (χ4n) is 1.45. The molecule has 0 bridgehead atoms. The first-order valence-electron chi connectivity index (χ1n) is 4.70. The molecule has 0 radical (unpaired) electrons. The van der Waals surface area contributed by atoms with Gasteiger partial charge in [0.25, 0.3) is 0 Å². The number of fused-ring (bicyclic) bond motifs is 1. The van der Waals surface area contributed by atoms with E-state index in [0.29, 0.717) is 0 Å². The van der Waals surface area contributed by atoms with Crippen LogP contribution in [-0.2, 0) is 0 Å². The molecule has 2 heteroatoms. The van der Waals surface area contributed by atoms with E-state index in [0.717, 1.165) is 5.56 Å². The molecule has 1 nitrogen and oxygen atoms in total. The molecule has 1 aromatic heterocycles. The second-order valence-electron chi connectivity index (χ2n) is 3.69. The third-order valence-corrected chi connectivity index (χ3v) is 3.16. The molecule has 0 amide bonds. The second-order valence-corrected chi connectivity index (χ2v) is 4.64. The maximum Gasteiger partial charge on any atom is 0.165 e. The molecule has 14 heavy (non-hydrogen) atoms. The fourth-order valence-corrected chi connectivity index (χ4v) is 2.22. The van der Waals surface area contributed by atoms with Crippen molar-refractivity contribution < 1.29 is 4.79 Å². The summed E-state index contributed by atoms with van der Waals surface area (Å²) < 4.78 is 1.24. The van der Waals surface area contributed by atoms with Crippen LogP contribution < -0.4 is 0 Å². The van der Waals surface area contributed by atoms with Gasteiger partial charge in [0.2, 0.25) is 0 Å². The highest BCUT2D eigenvalue weighted by Gasteiger charge is 2.10. The molecule has 1 heterocycles. The summed E-state index contributed by atoms with van der Waals surface area (Å²) in [5, 5.41) is 3.22. The zero-order valence-corrected chi connectivity index (χ0v) is 9.10. The smallest absolute Gasteiger partial charge is 0.165 e. The number of hydrogen-bond acceptors (Lipinski definition) is 2. The van der Waals surface area contributed by atoms with Gasteiger partial charge in [-0.25, -0.2) is 0 Å². The lowest BCUT2D eigenvalue weighted by molar-refractivity contribution is 0.0939. The number of carbonyl (C=O) groups is 1. The Morgan fingerprint density at radius 1 is 1.29 bits per heavy atom. The monoisotopic (exact) mass is 204 g/mol. The molecule has 0 fully saturated rings. The fraction of sp³-hybridized carbons (Fsp3) is 0.250. The van der Waals surface area contributed by atoms with Crippen molar-refractivity contribution in [3.63, 3.8) is 0 Å². The molecule has 1 aromatic carbocycles. The highest BCUT2D eigenvalue weighted by atomic mass is 32.1. The van der Waals surface area contributed by atoms with Crippen molar-refractivity contribution in [2.24, 2.45) is 5.92 Å². The Kier molecular flexibility index (Phi) is 2.38. The minimum Gasteiger partial charge on any atom is -0.294 e. The van der Waals surface area contributed by atoms with Crippen LogP contribution in [0.1, 0.15) is 24.2 Å². The Morgan fingerprint density at radius 2 is 2.07 bits per heavy atom. The van der Waals surface area contributed by atoms with Crippen LogP contribution in [0.2, 0.25) is 0 Å². The molecule has 0 saturated heterocycles. The zero-order chi connectivity index (χ0) is 10.1. The van der Waals surface area contributed by atoms with E-state index in [1.54, 1.807) is 11.3 Å². The zero-order valence-electron chi connectivity index (χ0n) is 8.28. The minimum absolute atomic E-state index is 0.0751. The molecule has 0 saturated carbocycles. The molecule has 0 unspecified atom stereocenters. The van der Waals surface area contributed by atoms with Gasteiger partial charge in [-0.15, -0.1) is 11.3 Å². The summed E-state index contributed by atoms with van der Waals surface area (Å²) in [4.78, 5) is 11.7. The van der Waals surface area contributed by atoms with Crippen LogP contribution >= 0.6 is 11.3 Å². The normalized spacial score (nSPS) is 11.1. The van der Waals surface area contributed by atoms with Crippen LogP contribution in [0.25, 0.3) is 10.1 Å². The average Bonchev–Trinajstić information content (AvgIpc) is 2.62. The standard InChI is InChI=1S/C12H12OS/c1-8(2)12(13)10-3-4-11-9(7-10)5-6-14-11/h3-8H,1-2H3. The maximum atomic E-state index is 11.7. The second kappa shape index (κ2) is 3.54. The van der Waals surface area contributed by atoms with Crippen molar-refractivity contribution in [1.29, 1.82) is 0 Å². The van der Waals surface area contributed by atoms with Gasteiger partial charge in [0.15, 0.2) is 5.78 Å². The van der Waals surface area contributed by atoms with Crippen molar-refractivity contribution in [3.05, 3.63) is 35.2 Å². The summed E-state index contributed by atoms with van der Waals surface area (Å²) in [6.45, 7) is 3.86. The Balaban J connectivity index is 2.48. The molecular weight excluding hydrogens is 192 g/mol. The van der Waals surface area contributed by atoms with Gasteiger partial charge in [0, 0.05) is 16.2 Å². The van der Waals surface area contributed by atoms with E-state index in [2.05, 4.69) is 6.07 Å². The third-order valence-electron chi connectivity index (χ3n) is 2.26. The first-order chi connectivity index (χ1) is 6.68. The maximum absolute atomic E-state index is 11.7. The molecular formula is C12H12OS. The van der Waals surface area contributed by atoms with Gasteiger partial charge in [-0.3, -0.25) is 4.79 Å². The van der Waals surface area contributed by atoms with Crippen molar-refractivity contribution in [3.8, 4) is 0 Å². The summed E-state index contributed by atoms with van der Waals surface area (Å²) >= 11 is 1.70. The van der Waals surface area contributed by atoms with E-state index in [-0.39, 0.29) is 11.7 Å². The highest BCUT2D eigenvalue weighted by molar-refractivity contribution is 7.17. The highest BCUT2D eigenvalue weighted by Crippen LogP contribution is 2.22. The van der Waals surface area contributed by atoms with E-state index in [9.17, 15) is 4.79 Å².